The van der Waals surface area contributed by atoms with Gasteiger partial charge in [-0.25, -0.2) is 4.79 Å². The van der Waals surface area contributed by atoms with Crippen molar-refractivity contribution in [1.82, 2.24) is 5.32 Å². The highest BCUT2D eigenvalue weighted by molar-refractivity contribution is 5.85. The maximum absolute atomic E-state index is 11.7. The summed E-state index contributed by atoms with van der Waals surface area (Å²) in [4.78, 5) is 22.9. The third-order valence-electron chi connectivity index (χ3n) is 3.83. The van der Waals surface area contributed by atoms with E-state index < -0.39 is 12.1 Å². The van der Waals surface area contributed by atoms with E-state index in [2.05, 4.69) is 12.2 Å². The van der Waals surface area contributed by atoms with Crippen molar-refractivity contribution in [3.8, 4) is 0 Å². The Hall–Kier alpha value is -1.10. The molecule has 0 saturated carbocycles. The van der Waals surface area contributed by atoms with Gasteiger partial charge in [0.1, 0.15) is 6.04 Å². The van der Waals surface area contributed by atoms with Crippen molar-refractivity contribution in [1.29, 1.82) is 0 Å². The summed E-state index contributed by atoms with van der Waals surface area (Å²) in [6.07, 6.45) is 8.99. The second kappa shape index (κ2) is 10.6. The zero-order valence-electron chi connectivity index (χ0n) is 13.1. The van der Waals surface area contributed by atoms with Crippen LogP contribution in [0.5, 0.6) is 0 Å². The number of unbranched alkanes of at least 4 members (excludes halogenated alkanes) is 6. The summed E-state index contributed by atoms with van der Waals surface area (Å²) in [5, 5.41) is 12.4. The predicted octanol–water partition coefficient (Wildman–Crippen LogP) is 2.31. The molecule has 1 rings (SSSR count). The summed E-state index contributed by atoms with van der Waals surface area (Å²) in [6, 6.07) is -0.525. The van der Waals surface area contributed by atoms with Gasteiger partial charge in [-0.15, -0.1) is 0 Å². The summed E-state index contributed by atoms with van der Waals surface area (Å²) in [5.74, 6) is -0.640. The van der Waals surface area contributed by atoms with Crippen molar-refractivity contribution in [2.45, 2.75) is 83.3 Å². The van der Waals surface area contributed by atoms with E-state index in [1.807, 2.05) is 0 Å². The van der Waals surface area contributed by atoms with E-state index in [0.29, 0.717) is 19.4 Å². The first-order valence-corrected chi connectivity index (χ1v) is 8.27. The van der Waals surface area contributed by atoms with Crippen LogP contribution >= 0.6 is 0 Å². The number of aliphatic hydroxyl groups excluding tert-OH is 1. The molecule has 122 valence electrons. The van der Waals surface area contributed by atoms with Gasteiger partial charge >= 0.3 is 5.97 Å². The van der Waals surface area contributed by atoms with Crippen LogP contribution in [0.4, 0.5) is 0 Å². The molecule has 1 heterocycles. The van der Waals surface area contributed by atoms with Gasteiger partial charge < -0.3 is 15.2 Å². The van der Waals surface area contributed by atoms with Crippen LogP contribution < -0.4 is 5.32 Å². The normalized spacial score (nSPS) is 19.3. The van der Waals surface area contributed by atoms with E-state index >= 15 is 0 Å². The Morgan fingerprint density at radius 3 is 2.57 bits per heavy atom. The Kier molecular flexibility index (Phi) is 9.06. The Bertz CT molecular complexity index is 319. The molecule has 0 spiro atoms. The van der Waals surface area contributed by atoms with Gasteiger partial charge in [-0.3, -0.25) is 4.79 Å². The molecular weight excluding hydrogens is 270 g/mol. The number of ether oxygens (including phenoxy) is 1. The van der Waals surface area contributed by atoms with Gasteiger partial charge in [0.05, 0.1) is 19.1 Å². The maximum atomic E-state index is 11.7. The standard InChI is InChI=1S/C16H29NO4/c1-2-3-4-5-6-7-8-9-13(18)12-15(19)17-14-10-11-21-16(14)20/h13-14,18H,2-12H2,1H3,(H,17,19)/t13?,14-/m0/s1. The van der Waals surface area contributed by atoms with Crippen LogP contribution in [0.1, 0.15) is 71.1 Å². The highest BCUT2D eigenvalue weighted by atomic mass is 16.5. The summed E-state index contributed by atoms with van der Waals surface area (Å²) in [7, 11) is 0. The number of carbonyl (C=O) groups excluding carboxylic acids is 2. The smallest absolute Gasteiger partial charge is 0.328 e. The molecule has 1 aliphatic rings. The molecule has 5 heteroatoms. The molecular formula is C16H29NO4. The fourth-order valence-corrected chi connectivity index (χ4v) is 2.53. The lowest BCUT2D eigenvalue weighted by Gasteiger charge is -2.12. The molecule has 5 nitrogen and oxygen atoms in total. The van der Waals surface area contributed by atoms with Crippen LogP contribution in [0.25, 0.3) is 0 Å². The molecule has 0 aromatic rings. The zero-order valence-corrected chi connectivity index (χ0v) is 13.1. The van der Waals surface area contributed by atoms with Gasteiger partial charge in [-0.05, 0) is 6.42 Å². The summed E-state index contributed by atoms with van der Waals surface area (Å²) in [5.41, 5.74) is 0. The van der Waals surface area contributed by atoms with Crippen LogP contribution in [-0.2, 0) is 14.3 Å². The van der Waals surface area contributed by atoms with Crippen molar-refractivity contribution < 1.29 is 19.4 Å². The van der Waals surface area contributed by atoms with Gasteiger partial charge in [0, 0.05) is 6.42 Å². The van der Waals surface area contributed by atoms with Crippen LogP contribution in [0.2, 0.25) is 0 Å². The monoisotopic (exact) mass is 299 g/mol. The highest BCUT2D eigenvalue weighted by Crippen LogP contribution is 2.12. The third kappa shape index (κ3) is 8.05. The van der Waals surface area contributed by atoms with Crippen molar-refractivity contribution >= 4 is 11.9 Å². The van der Waals surface area contributed by atoms with E-state index in [1.54, 1.807) is 0 Å². The molecule has 1 aliphatic heterocycles. The zero-order chi connectivity index (χ0) is 15.5. The van der Waals surface area contributed by atoms with E-state index in [-0.39, 0.29) is 18.3 Å². The van der Waals surface area contributed by atoms with Gasteiger partial charge in [-0.1, -0.05) is 51.9 Å². The van der Waals surface area contributed by atoms with Crippen LogP contribution in [0, 0.1) is 0 Å². The van der Waals surface area contributed by atoms with E-state index in [9.17, 15) is 14.7 Å². The van der Waals surface area contributed by atoms with Crippen LogP contribution in [-0.4, -0.2) is 35.7 Å². The number of hydrogen-bond donors (Lipinski definition) is 2. The lowest BCUT2D eigenvalue weighted by atomic mass is 10.0. The van der Waals surface area contributed by atoms with Crippen molar-refractivity contribution in [3.05, 3.63) is 0 Å². The minimum absolute atomic E-state index is 0.0691. The second-order valence-corrected chi connectivity index (χ2v) is 5.84. The first-order chi connectivity index (χ1) is 10.1. The fourth-order valence-electron chi connectivity index (χ4n) is 2.53. The van der Waals surface area contributed by atoms with Crippen molar-refractivity contribution in [2.24, 2.45) is 0 Å². The van der Waals surface area contributed by atoms with E-state index in [1.165, 1.54) is 32.1 Å². The molecule has 0 aromatic heterocycles. The van der Waals surface area contributed by atoms with Crippen LogP contribution in [0.3, 0.4) is 0 Å². The molecule has 1 fully saturated rings. The largest absolute Gasteiger partial charge is 0.464 e. The van der Waals surface area contributed by atoms with Crippen molar-refractivity contribution in [2.75, 3.05) is 6.61 Å². The Morgan fingerprint density at radius 1 is 1.29 bits per heavy atom. The van der Waals surface area contributed by atoms with E-state index in [0.717, 1.165) is 12.8 Å². The summed E-state index contributed by atoms with van der Waals surface area (Å²) < 4.78 is 4.77. The summed E-state index contributed by atoms with van der Waals surface area (Å²) in [6.45, 7) is 2.57. The number of carbonyl (C=O) groups is 2. The molecule has 1 unspecified atom stereocenters. The molecule has 0 aromatic carbocycles. The highest BCUT2D eigenvalue weighted by Gasteiger charge is 2.28. The molecule has 0 aliphatic carbocycles. The molecule has 1 amide bonds. The van der Waals surface area contributed by atoms with Crippen LogP contribution in [0.15, 0.2) is 0 Å². The average molecular weight is 299 g/mol. The van der Waals surface area contributed by atoms with Gasteiger partial charge in [0.2, 0.25) is 5.91 Å². The fraction of sp³-hybridized carbons (Fsp3) is 0.875. The minimum Gasteiger partial charge on any atom is -0.464 e. The van der Waals surface area contributed by atoms with Crippen molar-refractivity contribution in [3.63, 3.8) is 0 Å². The molecule has 0 bridgehead atoms. The number of aliphatic hydroxyl groups is 1. The quantitative estimate of drug-likeness (QED) is 0.453. The maximum Gasteiger partial charge on any atom is 0.328 e. The predicted molar refractivity (Wildman–Crippen MR) is 80.7 cm³/mol. The Balaban J connectivity index is 2.00. The number of amides is 1. The number of nitrogens with one attached hydrogen (secondary N) is 1. The number of esters is 1. The average Bonchev–Trinajstić information content (AvgIpc) is 2.83. The first-order valence-electron chi connectivity index (χ1n) is 8.27. The number of cyclic esters (lactones) is 1. The molecule has 0 radical (unpaired) electrons. The van der Waals surface area contributed by atoms with Gasteiger partial charge in [0.25, 0.3) is 0 Å². The Morgan fingerprint density at radius 2 is 1.95 bits per heavy atom. The molecule has 2 N–H and O–H groups in total. The van der Waals surface area contributed by atoms with E-state index in [4.69, 9.17) is 4.74 Å². The summed E-state index contributed by atoms with van der Waals surface area (Å²) >= 11 is 0. The lowest BCUT2D eigenvalue weighted by Crippen LogP contribution is -2.39. The van der Waals surface area contributed by atoms with Gasteiger partial charge in [0.15, 0.2) is 0 Å². The molecule has 21 heavy (non-hydrogen) atoms. The third-order valence-corrected chi connectivity index (χ3v) is 3.83. The lowest BCUT2D eigenvalue weighted by molar-refractivity contribution is -0.141. The molecule has 2 atom stereocenters. The second-order valence-electron chi connectivity index (χ2n) is 5.84. The minimum atomic E-state index is -0.613. The van der Waals surface area contributed by atoms with Gasteiger partial charge in [-0.2, -0.15) is 0 Å². The topological polar surface area (TPSA) is 75.6 Å². The first kappa shape index (κ1) is 18.0. The Labute approximate surface area is 127 Å². The SMILES string of the molecule is CCCCCCCCCC(O)CC(=O)N[C@H]1CCOC1=O. The number of rotatable bonds is 11. The molecule has 1 saturated heterocycles. The number of hydrogen-bond acceptors (Lipinski definition) is 4.